The summed E-state index contributed by atoms with van der Waals surface area (Å²) in [4.78, 5) is 23.2. The van der Waals surface area contributed by atoms with Crippen LogP contribution < -0.4 is 10.6 Å². The third-order valence-corrected chi connectivity index (χ3v) is 6.18. The molecule has 0 atom stereocenters. The quantitative estimate of drug-likeness (QED) is 0.424. The van der Waals surface area contributed by atoms with Gasteiger partial charge in [0, 0.05) is 31.0 Å². The van der Waals surface area contributed by atoms with Gasteiger partial charge < -0.3 is 15.2 Å². The third kappa shape index (κ3) is 4.09. The van der Waals surface area contributed by atoms with Crippen LogP contribution in [0.2, 0.25) is 0 Å². The molecule has 0 aliphatic carbocycles. The Morgan fingerprint density at radius 2 is 1.91 bits per heavy atom. The van der Waals surface area contributed by atoms with E-state index in [9.17, 15) is 22.4 Å². The van der Waals surface area contributed by atoms with E-state index in [0.717, 1.165) is 39.9 Å². The molecular weight excluding hydrogens is 462 g/mol. The van der Waals surface area contributed by atoms with Crippen molar-refractivity contribution in [1.29, 1.82) is 0 Å². The fourth-order valence-electron chi connectivity index (χ4n) is 4.65. The van der Waals surface area contributed by atoms with Crippen LogP contribution in [-0.2, 0) is 30.9 Å². The van der Waals surface area contributed by atoms with Gasteiger partial charge in [-0.25, -0.2) is 14.4 Å². The summed E-state index contributed by atoms with van der Waals surface area (Å²) in [6.07, 6.45) is -2.51. The Balaban J connectivity index is 1.44. The van der Waals surface area contributed by atoms with E-state index in [-0.39, 0.29) is 12.0 Å². The number of fused-ring (bicyclic) bond motifs is 2. The maximum absolute atomic E-state index is 13.7. The van der Waals surface area contributed by atoms with E-state index < -0.39 is 23.5 Å². The Morgan fingerprint density at radius 3 is 2.66 bits per heavy atom. The van der Waals surface area contributed by atoms with E-state index in [1.54, 1.807) is 6.92 Å². The number of carbonyl (C=O) groups excluding carboxylic acids is 1. The molecule has 0 radical (unpaired) electrons. The molecule has 2 aromatic carbocycles. The van der Waals surface area contributed by atoms with Crippen molar-refractivity contribution >= 4 is 28.4 Å². The zero-order chi connectivity index (χ0) is 25.1. The van der Waals surface area contributed by atoms with Crippen molar-refractivity contribution in [3.05, 3.63) is 70.9 Å². The van der Waals surface area contributed by atoms with Crippen LogP contribution in [0.25, 0.3) is 22.2 Å². The van der Waals surface area contributed by atoms with Crippen molar-refractivity contribution in [3.8, 4) is 11.1 Å². The highest BCUT2D eigenvalue weighted by Crippen LogP contribution is 2.37. The molecule has 0 saturated carbocycles. The highest BCUT2D eigenvalue weighted by molar-refractivity contribution is 6.02. The van der Waals surface area contributed by atoms with Crippen LogP contribution in [0.3, 0.4) is 0 Å². The fourth-order valence-corrected chi connectivity index (χ4v) is 4.65. The third-order valence-electron chi connectivity index (χ3n) is 6.18. The number of halogens is 4. The van der Waals surface area contributed by atoms with Gasteiger partial charge in [0.2, 0.25) is 5.91 Å². The molecule has 1 aliphatic heterocycles. The number of aromatic nitrogens is 3. The van der Waals surface area contributed by atoms with Crippen LogP contribution in [0.5, 0.6) is 0 Å². The molecule has 2 N–H and O–H groups in total. The van der Waals surface area contributed by atoms with Crippen molar-refractivity contribution in [2.45, 2.75) is 25.9 Å². The number of benzene rings is 2. The normalized spacial score (nSPS) is 13.5. The lowest BCUT2D eigenvalue weighted by Crippen LogP contribution is -2.30. The molecule has 0 bridgehead atoms. The van der Waals surface area contributed by atoms with Crippen molar-refractivity contribution < 1.29 is 22.4 Å². The SMILES string of the molecule is Cc1nc(N)c2c(-c3ccc4c(c3)CCN4C(=O)Cc3cc(F)cc(C(F)(F)F)c3)cn(C)c2n1. The zero-order valence-electron chi connectivity index (χ0n) is 18.9. The topological polar surface area (TPSA) is 77.0 Å². The smallest absolute Gasteiger partial charge is 0.383 e. The van der Waals surface area contributed by atoms with Crippen LogP contribution >= 0.6 is 0 Å². The molecule has 0 saturated heterocycles. The minimum absolute atomic E-state index is 0.0195. The Hall–Kier alpha value is -3.95. The number of amides is 1. The van der Waals surface area contributed by atoms with Crippen LogP contribution in [-0.4, -0.2) is 27.0 Å². The van der Waals surface area contributed by atoms with Crippen LogP contribution in [0.15, 0.2) is 42.6 Å². The Morgan fingerprint density at radius 1 is 1.14 bits per heavy atom. The average Bonchev–Trinajstić information content (AvgIpc) is 3.33. The number of anilines is 2. The van der Waals surface area contributed by atoms with Gasteiger partial charge in [-0.1, -0.05) is 6.07 Å². The van der Waals surface area contributed by atoms with E-state index in [2.05, 4.69) is 9.97 Å². The number of aryl methyl sites for hydroxylation is 2. The number of alkyl halides is 3. The van der Waals surface area contributed by atoms with E-state index in [0.29, 0.717) is 36.4 Å². The van der Waals surface area contributed by atoms with Crippen molar-refractivity contribution in [2.75, 3.05) is 17.2 Å². The molecule has 2 aromatic heterocycles. The Labute approximate surface area is 198 Å². The van der Waals surface area contributed by atoms with Crippen molar-refractivity contribution in [1.82, 2.24) is 14.5 Å². The lowest BCUT2D eigenvalue weighted by molar-refractivity contribution is -0.137. The highest BCUT2D eigenvalue weighted by Gasteiger charge is 2.32. The first kappa shape index (κ1) is 22.8. The van der Waals surface area contributed by atoms with Gasteiger partial charge >= 0.3 is 6.18 Å². The first-order valence-electron chi connectivity index (χ1n) is 10.9. The van der Waals surface area contributed by atoms with Gasteiger partial charge in [-0.3, -0.25) is 4.79 Å². The average molecular weight is 483 g/mol. The van der Waals surface area contributed by atoms with E-state index >= 15 is 0 Å². The number of rotatable bonds is 3. The number of hydrogen-bond acceptors (Lipinski definition) is 4. The van der Waals surface area contributed by atoms with Gasteiger partial charge in [-0.2, -0.15) is 13.2 Å². The molecule has 1 aliphatic rings. The Bertz CT molecular complexity index is 1490. The maximum atomic E-state index is 13.7. The standard InChI is InChI=1S/C25H21F4N5O/c1-13-31-23(30)22-19(12-33(2)24(22)32-13)15-3-4-20-16(10-15)5-6-34(20)21(35)9-14-7-17(25(27,28)29)11-18(26)8-14/h3-4,7-8,10-12H,5-6,9H2,1-2H3,(H2,30,31,32). The van der Waals surface area contributed by atoms with Crippen molar-refractivity contribution in [2.24, 2.45) is 7.05 Å². The number of carbonyl (C=O) groups is 1. The monoisotopic (exact) mass is 483 g/mol. The summed E-state index contributed by atoms with van der Waals surface area (Å²) >= 11 is 0. The van der Waals surface area contributed by atoms with Crippen LogP contribution in [0.4, 0.5) is 29.1 Å². The minimum Gasteiger partial charge on any atom is -0.383 e. The summed E-state index contributed by atoms with van der Waals surface area (Å²) in [5.41, 5.74) is 9.15. The molecule has 10 heteroatoms. The van der Waals surface area contributed by atoms with Gasteiger partial charge in [-0.05, 0) is 60.4 Å². The molecule has 6 nitrogen and oxygen atoms in total. The number of nitrogen functional groups attached to an aromatic ring is 1. The molecule has 0 unspecified atom stereocenters. The second-order valence-corrected chi connectivity index (χ2v) is 8.67. The molecule has 5 rings (SSSR count). The fraction of sp³-hybridized carbons (Fsp3) is 0.240. The van der Waals surface area contributed by atoms with Gasteiger partial charge in [0.05, 0.1) is 17.4 Å². The first-order valence-corrected chi connectivity index (χ1v) is 10.9. The van der Waals surface area contributed by atoms with E-state index in [4.69, 9.17) is 5.73 Å². The summed E-state index contributed by atoms with van der Waals surface area (Å²) in [6.45, 7) is 2.16. The second kappa shape index (κ2) is 8.07. The number of nitrogens with two attached hydrogens (primary N) is 1. The predicted molar refractivity (Wildman–Crippen MR) is 124 cm³/mol. The van der Waals surface area contributed by atoms with E-state index in [1.807, 2.05) is 36.0 Å². The lowest BCUT2D eigenvalue weighted by atomic mass is 10.0. The lowest BCUT2D eigenvalue weighted by Gasteiger charge is -2.18. The predicted octanol–water partition coefficient (Wildman–Crippen LogP) is 4.82. The molecule has 35 heavy (non-hydrogen) atoms. The summed E-state index contributed by atoms with van der Waals surface area (Å²) in [5, 5.41) is 0.746. The van der Waals surface area contributed by atoms with Gasteiger partial charge in [0.15, 0.2) is 0 Å². The highest BCUT2D eigenvalue weighted by atomic mass is 19.4. The maximum Gasteiger partial charge on any atom is 0.416 e. The summed E-state index contributed by atoms with van der Waals surface area (Å²) in [5.74, 6) is -0.462. The summed E-state index contributed by atoms with van der Waals surface area (Å²) in [6, 6.07) is 7.85. The number of hydrogen-bond donors (Lipinski definition) is 1. The van der Waals surface area contributed by atoms with Gasteiger partial charge in [0.1, 0.15) is 23.1 Å². The zero-order valence-corrected chi connectivity index (χ0v) is 18.9. The molecule has 180 valence electrons. The summed E-state index contributed by atoms with van der Waals surface area (Å²) < 4.78 is 54.7. The largest absolute Gasteiger partial charge is 0.416 e. The van der Waals surface area contributed by atoms with Crippen LogP contribution in [0, 0.1) is 12.7 Å². The van der Waals surface area contributed by atoms with Crippen LogP contribution in [0.1, 0.15) is 22.5 Å². The second-order valence-electron chi connectivity index (χ2n) is 8.67. The molecular formula is C25H21F4N5O. The molecule has 1 amide bonds. The van der Waals surface area contributed by atoms with E-state index in [1.165, 1.54) is 4.90 Å². The molecule has 0 spiro atoms. The number of nitrogens with zero attached hydrogens (tertiary/aromatic N) is 4. The molecule has 4 aromatic rings. The minimum atomic E-state index is -4.69. The Kier molecular flexibility index (Phi) is 5.26. The van der Waals surface area contributed by atoms with Crippen molar-refractivity contribution in [3.63, 3.8) is 0 Å². The van der Waals surface area contributed by atoms with Gasteiger partial charge in [-0.15, -0.1) is 0 Å². The first-order chi connectivity index (χ1) is 16.5. The summed E-state index contributed by atoms with van der Waals surface area (Å²) in [7, 11) is 1.88. The molecule has 0 fully saturated rings. The van der Waals surface area contributed by atoms with Gasteiger partial charge in [0.25, 0.3) is 0 Å². The molecule has 3 heterocycles.